The van der Waals surface area contributed by atoms with Crippen LogP contribution < -0.4 is 16.1 Å². The Balaban J connectivity index is 1.76. The SMILES string of the molecule is CC(=O)N(c1nc(/C=N\NC(=O)c2ccc(N)cc2)cs1)c1c(C)cccc1C. The van der Waals surface area contributed by atoms with Gasteiger partial charge in [0.15, 0.2) is 5.13 Å². The number of hydrazone groups is 1. The zero-order chi connectivity index (χ0) is 21.0. The standard InChI is InChI=1S/C21H21N5O2S/c1-13-5-4-6-14(2)19(13)26(15(3)27)21-24-18(12-29-21)11-23-25-20(28)16-7-9-17(22)10-8-16/h4-12H,22H2,1-3H3,(H,25,28)/b23-11-. The number of aryl methyl sites for hydroxylation is 2. The van der Waals surface area contributed by atoms with Gasteiger partial charge in [-0.15, -0.1) is 11.3 Å². The Hall–Kier alpha value is -3.52. The molecule has 0 saturated carbocycles. The lowest BCUT2D eigenvalue weighted by Crippen LogP contribution is -2.24. The Bertz CT molecular complexity index is 1050. The summed E-state index contributed by atoms with van der Waals surface area (Å²) in [6, 6.07) is 12.4. The predicted molar refractivity (Wildman–Crippen MR) is 117 cm³/mol. The largest absolute Gasteiger partial charge is 0.399 e. The number of hydrogen-bond acceptors (Lipinski definition) is 6. The van der Waals surface area contributed by atoms with E-state index in [2.05, 4.69) is 15.5 Å². The normalized spacial score (nSPS) is 10.9. The predicted octanol–water partition coefficient (Wildman–Crippen LogP) is 3.79. The summed E-state index contributed by atoms with van der Waals surface area (Å²) >= 11 is 1.33. The number of thiazole rings is 1. The first kappa shape index (κ1) is 20.2. The first-order valence-electron chi connectivity index (χ1n) is 8.88. The molecule has 3 rings (SSSR count). The fourth-order valence-electron chi connectivity index (χ4n) is 2.84. The Kier molecular flexibility index (Phi) is 6.04. The van der Waals surface area contributed by atoms with Gasteiger partial charge in [0.05, 0.1) is 17.6 Å². The van der Waals surface area contributed by atoms with E-state index in [1.54, 1.807) is 34.5 Å². The van der Waals surface area contributed by atoms with Gasteiger partial charge in [0.25, 0.3) is 5.91 Å². The molecule has 1 heterocycles. The summed E-state index contributed by atoms with van der Waals surface area (Å²) in [6.45, 7) is 5.43. The van der Waals surface area contributed by atoms with Crippen molar-refractivity contribution >= 4 is 45.9 Å². The number of rotatable bonds is 5. The van der Waals surface area contributed by atoms with Crippen molar-refractivity contribution in [2.75, 3.05) is 10.6 Å². The first-order chi connectivity index (χ1) is 13.9. The van der Waals surface area contributed by atoms with Crippen LogP contribution in [0.4, 0.5) is 16.5 Å². The van der Waals surface area contributed by atoms with Crippen molar-refractivity contribution < 1.29 is 9.59 Å². The minimum Gasteiger partial charge on any atom is -0.399 e. The third-order valence-corrected chi connectivity index (χ3v) is 5.06. The highest BCUT2D eigenvalue weighted by Crippen LogP contribution is 2.33. The lowest BCUT2D eigenvalue weighted by atomic mass is 10.1. The van der Waals surface area contributed by atoms with E-state index >= 15 is 0 Å². The summed E-state index contributed by atoms with van der Waals surface area (Å²) in [6.07, 6.45) is 1.44. The van der Waals surface area contributed by atoms with Gasteiger partial charge in [-0.25, -0.2) is 10.4 Å². The summed E-state index contributed by atoms with van der Waals surface area (Å²) in [4.78, 5) is 30.5. The minimum absolute atomic E-state index is 0.128. The lowest BCUT2D eigenvalue weighted by Gasteiger charge is -2.22. The number of hydrogen-bond donors (Lipinski definition) is 2. The van der Waals surface area contributed by atoms with Crippen LogP contribution in [-0.2, 0) is 4.79 Å². The van der Waals surface area contributed by atoms with E-state index in [1.807, 2.05) is 32.0 Å². The molecule has 1 aromatic heterocycles. The molecule has 0 unspecified atom stereocenters. The Morgan fingerprint density at radius 1 is 1.14 bits per heavy atom. The molecule has 0 fully saturated rings. The van der Waals surface area contributed by atoms with Crippen LogP contribution in [0.3, 0.4) is 0 Å². The molecule has 0 aliphatic carbocycles. The van der Waals surface area contributed by atoms with E-state index in [1.165, 1.54) is 24.5 Å². The van der Waals surface area contributed by atoms with E-state index in [4.69, 9.17) is 5.73 Å². The maximum absolute atomic E-state index is 12.3. The van der Waals surface area contributed by atoms with Gasteiger partial charge in [-0.1, -0.05) is 18.2 Å². The van der Waals surface area contributed by atoms with Crippen LogP contribution in [0.1, 0.15) is 34.1 Å². The molecular formula is C21H21N5O2S. The van der Waals surface area contributed by atoms with Crippen molar-refractivity contribution in [1.29, 1.82) is 0 Å². The second-order valence-electron chi connectivity index (χ2n) is 6.47. The summed E-state index contributed by atoms with van der Waals surface area (Å²) in [5.74, 6) is -0.477. The van der Waals surface area contributed by atoms with Crippen molar-refractivity contribution in [3.8, 4) is 0 Å². The fourth-order valence-corrected chi connectivity index (χ4v) is 3.66. The highest BCUT2D eigenvalue weighted by Gasteiger charge is 2.21. The molecule has 0 aliphatic rings. The van der Waals surface area contributed by atoms with Gasteiger partial charge in [0.1, 0.15) is 0 Å². The lowest BCUT2D eigenvalue weighted by molar-refractivity contribution is -0.115. The molecule has 2 aromatic carbocycles. The minimum atomic E-state index is -0.349. The Morgan fingerprint density at radius 2 is 1.79 bits per heavy atom. The molecule has 0 saturated heterocycles. The van der Waals surface area contributed by atoms with Gasteiger partial charge < -0.3 is 5.73 Å². The number of nitrogens with one attached hydrogen (secondary N) is 1. The molecule has 2 amide bonds. The first-order valence-corrected chi connectivity index (χ1v) is 9.76. The monoisotopic (exact) mass is 407 g/mol. The second-order valence-corrected chi connectivity index (χ2v) is 7.31. The molecular weight excluding hydrogens is 386 g/mol. The van der Waals surface area contributed by atoms with E-state index < -0.39 is 0 Å². The Labute approximate surface area is 172 Å². The van der Waals surface area contributed by atoms with Gasteiger partial charge >= 0.3 is 0 Å². The molecule has 0 aliphatic heterocycles. The van der Waals surface area contributed by atoms with Crippen LogP contribution in [0.15, 0.2) is 52.9 Å². The van der Waals surface area contributed by atoms with E-state index in [0.717, 1.165) is 16.8 Å². The number of para-hydroxylation sites is 1. The number of anilines is 3. The highest BCUT2D eigenvalue weighted by molar-refractivity contribution is 7.14. The van der Waals surface area contributed by atoms with Crippen molar-refractivity contribution in [2.24, 2.45) is 5.10 Å². The number of benzene rings is 2. The maximum atomic E-state index is 12.3. The molecule has 29 heavy (non-hydrogen) atoms. The van der Waals surface area contributed by atoms with Crippen LogP contribution >= 0.6 is 11.3 Å². The fraction of sp³-hybridized carbons (Fsp3) is 0.143. The average molecular weight is 407 g/mol. The van der Waals surface area contributed by atoms with Gasteiger partial charge in [-0.3, -0.25) is 14.5 Å². The molecule has 0 radical (unpaired) electrons. The van der Waals surface area contributed by atoms with E-state index in [-0.39, 0.29) is 11.8 Å². The average Bonchev–Trinajstić information content (AvgIpc) is 3.13. The van der Waals surface area contributed by atoms with Crippen molar-refractivity contribution in [1.82, 2.24) is 10.4 Å². The zero-order valence-corrected chi connectivity index (χ0v) is 17.2. The smallest absolute Gasteiger partial charge is 0.271 e. The summed E-state index contributed by atoms with van der Waals surface area (Å²) in [7, 11) is 0. The van der Waals surface area contributed by atoms with Gasteiger partial charge in [0.2, 0.25) is 5.91 Å². The number of nitrogen functional groups attached to an aromatic ring is 1. The van der Waals surface area contributed by atoms with E-state index in [9.17, 15) is 9.59 Å². The molecule has 0 bridgehead atoms. The molecule has 7 nitrogen and oxygen atoms in total. The zero-order valence-electron chi connectivity index (χ0n) is 16.3. The van der Waals surface area contributed by atoms with E-state index in [0.29, 0.717) is 22.1 Å². The molecule has 0 atom stereocenters. The number of carbonyl (C=O) groups excluding carboxylic acids is 2. The van der Waals surface area contributed by atoms with Gasteiger partial charge in [-0.05, 0) is 49.2 Å². The third kappa shape index (κ3) is 4.67. The second kappa shape index (κ2) is 8.66. The number of amides is 2. The van der Waals surface area contributed by atoms with Crippen LogP contribution in [0.25, 0.3) is 0 Å². The summed E-state index contributed by atoms with van der Waals surface area (Å²) < 4.78 is 0. The molecule has 148 valence electrons. The molecule has 8 heteroatoms. The highest BCUT2D eigenvalue weighted by atomic mass is 32.1. The van der Waals surface area contributed by atoms with Gasteiger partial charge in [-0.2, -0.15) is 5.10 Å². The van der Waals surface area contributed by atoms with Crippen LogP contribution in [0, 0.1) is 13.8 Å². The third-order valence-electron chi connectivity index (χ3n) is 4.21. The summed E-state index contributed by atoms with van der Waals surface area (Å²) in [5, 5.41) is 6.27. The quantitative estimate of drug-likeness (QED) is 0.382. The maximum Gasteiger partial charge on any atom is 0.271 e. The van der Waals surface area contributed by atoms with Crippen LogP contribution in [0.2, 0.25) is 0 Å². The van der Waals surface area contributed by atoms with Gasteiger partial charge in [0, 0.05) is 23.6 Å². The number of nitrogens with two attached hydrogens (primary N) is 1. The number of nitrogens with zero attached hydrogens (tertiary/aromatic N) is 3. The Morgan fingerprint density at radius 3 is 2.41 bits per heavy atom. The van der Waals surface area contributed by atoms with Crippen molar-refractivity contribution in [3.63, 3.8) is 0 Å². The summed E-state index contributed by atoms with van der Waals surface area (Å²) in [5.41, 5.74) is 12.4. The molecule has 3 aromatic rings. The van der Waals surface area contributed by atoms with Crippen LogP contribution in [0.5, 0.6) is 0 Å². The number of carbonyl (C=O) groups is 2. The molecule has 3 N–H and O–H groups in total. The van der Waals surface area contributed by atoms with Crippen molar-refractivity contribution in [2.45, 2.75) is 20.8 Å². The topological polar surface area (TPSA) is 101 Å². The number of aromatic nitrogens is 1. The molecule has 0 spiro atoms. The van der Waals surface area contributed by atoms with Crippen molar-refractivity contribution in [3.05, 3.63) is 70.2 Å². The van der Waals surface area contributed by atoms with Crippen LogP contribution in [-0.4, -0.2) is 23.0 Å².